The summed E-state index contributed by atoms with van der Waals surface area (Å²) < 4.78 is 15.0. The number of nitrogens with two attached hydrogens (primary N) is 1. The highest BCUT2D eigenvalue weighted by atomic mass is 19.1. The first-order chi connectivity index (χ1) is 7.15. The minimum absolute atomic E-state index is 0.364. The fraction of sp³-hybridized carbons (Fsp3) is 0.100. The lowest BCUT2D eigenvalue weighted by Crippen LogP contribution is -1.97. The maximum atomic E-state index is 13.4. The van der Waals surface area contributed by atoms with E-state index in [1.54, 1.807) is 36.1 Å². The van der Waals surface area contributed by atoms with Gasteiger partial charge in [-0.2, -0.15) is 5.10 Å². The quantitative estimate of drug-likeness (QED) is 0.738. The molecule has 1 aromatic carbocycles. The van der Waals surface area contributed by atoms with Crippen LogP contribution in [-0.2, 0) is 7.05 Å². The second kappa shape index (κ2) is 3.61. The Morgan fingerprint density at radius 2 is 2.20 bits per heavy atom. The topological polar surface area (TPSA) is 55.9 Å². The van der Waals surface area contributed by atoms with Crippen molar-refractivity contribution < 1.29 is 4.39 Å². The molecule has 0 aliphatic rings. The van der Waals surface area contributed by atoms with Crippen LogP contribution in [0.25, 0.3) is 0 Å². The molecule has 0 unspecified atom stereocenters. The number of rotatable bonds is 2. The van der Waals surface area contributed by atoms with E-state index in [2.05, 4.69) is 10.4 Å². The van der Waals surface area contributed by atoms with E-state index in [4.69, 9.17) is 5.73 Å². The number of nitrogen functional groups attached to an aromatic ring is 1. The van der Waals surface area contributed by atoms with Gasteiger partial charge in [0.1, 0.15) is 5.82 Å². The number of hydrogen-bond donors (Lipinski definition) is 2. The van der Waals surface area contributed by atoms with E-state index in [1.807, 2.05) is 0 Å². The molecule has 3 N–H and O–H groups in total. The molecule has 4 nitrogen and oxygen atoms in total. The Labute approximate surface area is 86.5 Å². The van der Waals surface area contributed by atoms with Crippen LogP contribution in [0.15, 0.2) is 30.5 Å². The lowest BCUT2D eigenvalue weighted by molar-refractivity contribution is 0.632. The first-order valence-corrected chi connectivity index (χ1v) is 4.47. The van der Waals surface area contributed by atoms with E-state index in [-0.39, 0.29) is 5.82 Å². The highest BCUT2D eigenvalue weighted by molar-refractivity contribution is 5.59. The Morgan fingerprint density at radius 1 is 1.40 bits per heavy atom. The molecular formula is C10H11FN4. The molecule has 15 heavy (non-hydrogen) atoms. The molecule has 0 bridgehead atoms. The zero-order valence-corrected chi connectivity index (χ0v) is 8.24. The summed E-state index contributed by atoms with van der Waals surface area (Å²) >= 11 is 0. The third-order valence-electron chi connectivity index (χ3n) is 1.97. The van der Waals surface area contributed by atoms with Crippen LogP contribution in [0.3, 0.4) is 0 Å². The second-order valence-corrected chi connectivity index (χ2v) is 3.24. The molecule has 78 valence electrons. The second-order valence-electron chi connectivity index (χ2n) is 3.24. The van der Waals surface area contributed by atoms with Gasteiger partial charge < -0.3 is 11.1 Å². The van der Waals surface area contributed by atoms with Crippen LogP contribution >= 0.6 is 0 Å². The summed E-state index contributed by atoms with van der Waals surface area (Å²) in [6.45, 7) is 0. The third kappa shape index (κ3) is 2.07. The van der Waals surface area contributed by atoms with Crippen LogP contribution in [0, 0.1) is 5.82 Å². The van der Waals surface area contributed by atoms with E-state index < -0.39 is 0 Å². The van der Waals surface area contributed by atoms with Crippen molar-refractivity contribution in [3.8, 4) is 0 Å². The van der Waals surface area contributed by atoms with Gasteiger partial charge in [-0.05, 0) is 18.2 Å². The van der Waals surface area contributed by atoms with Crippen molar-refractivity contribution in [1.82, 2.24) is 9.78 Å². The van der Waals surface area contributed by atoms with Gasteiger partial charge in [-0.15, -0.1) is 0 Å². The molecule has 2 rings (SSSR count). The van der Waals surface area contributed by atoms with E-state index in [9.17, 15) is 4.39 Å². The van der Waals surface area contributed by atoms with Crippen molar-refractivity contribution in [1.29, 1.82) is 0 Å². The van der Waals surface area contributed by atoms with Gasteiger partial charge in [-0.1, -0.05) is 0 Å². The molecule has 0 atom stereocenters. The number of benzene rings is 1. The van der Waals surface area contributed by atoms with Crippen molar-refractivity contribution in [2.45, 2.75) is 0 Å². The van der Waals surface area contributed by atoms with Crippen LogP contribution < -0.4 is 11.1 Å². The molecule has 0 saturated carbocycles. The zero-order chi connectivity index (χ0) is 10.8. The van der Waals surface area contributed by atoms with Crippen molar-refractivity contribution in [3.05, 3.63) is 36.3 Å². The zero-order valence-electron chi connectivity index (χ0n) is 8.24. The summed E-state index contributed by atoms with van der Waals surface area (Å²) in [4.78, 5) is 0. The molecule has 0 amide bonds. The van der Waals surface area contributed by atoms with Gasteiger partial charge in [0, 0.05) is 25.0 Å². The molecule has 0 saturated heterocycles. The Hall–Kier alpha value is -2.04. The van der Waals surface area contributed by atoms with Crippen molar-refractivity contribution in [3.63, 3.8) is 0 Å². The number of aryl methyl sites for hydroxylation is 1. The Balaban J connectivity index is 2.24. The number of aromatic nitrogens is 2. The van der Waals surface area contributed by atoms with Crippen LogP contribution in [0.2, 0.25) is 0 Å². The number of halogens is 1. The standard InChI is InChI=1S/C10H11FN4/c1-15-5-4-10(14-15)13-9-3-2-7(12)6-8(9)11/h2-6H,12H2,1H3,(H,13,14). The lowest BCUT2D eigenvalue weighted by atomic mass is 10.2. The van der Waals surface area contributed by atoms with Gasteiger partial charge in [0.25, 0.3) is 0 Å². The number of hydrogen-bond acceptors (Lipinski definition) is 3. The van der Waals surface area contributed by atoms with Gasteiger partial charge >= 0.3 is 0 Å². The minimum Gasteiger partial charge on any atom is -0.399 e. The average Bonchev–Trinajstić information content (AvgIpc) is 2.56. The molecule has 0 fully saturated rings. The normalized spacial score (nSPS) is 10.3. The summed E-state index contributed by atoms with van der Waals surface area (Å²) in [5.41, 5.74) is 6.20. The third-order valence-corrected chi connectivity index (χ3v) is 1.97. The molecule has 0 aliphatic carbocycles. The summed E-state index contributed by atoms with van der Waals surface area (Å²) in [5.74, 6) is 0.210. The van der Waals surface area contributed by atoms with Crippen LogP contribution in [0.1, 0.15) is 0 Å². The molecule has 1 heterocycles. The molecule has 5 heteroatoms. The number of nitrogens with zero attached hydrogens (tertiary/aromatic N) is 2. The summed E-state index contributed by atoms with van der Waals surface area (Å²) in [6.07, 6.45) is 1.78. The predicted molar refractivity (Wildman–Crippen MR) is 57.3 cm³/mol. The molecule has 0 radical (unpaired) electrons. The smallest absolute Gasteiger partial charge is 0.152 e. The monoisotopic (exact) mass is 206 g/mol. The van der Waals surface area contributed by atoms with Gasteiger partial charge in [-0.25, -0.2) is 4.39 Å². The van der Waals surface area contributed by atoms with E-state index in [0.717, 1.165) is 0 Å². The largest absolute Gasteiger partial charge is 0.399 e. The summed E-state index contributed by atoms with van der Waals surface area (Å²) in [5, 5.41) is 6.93. The average molecular weight is 206 g/mol. The van der Waals surface area contributed by atoms with Gasteiger partial charge in [-0.3, -0.25) is 4.68 Å². The molecule has 0 aliphatic heterocycles. The SMILES string of the molecule is Cn1ccc(Nc2ccc(N)cc2F)n1. The highest BCUT2D eigenvalue weighted by Gasteiger charge is 2.03. The predicted octanol–water partition coefficient (Wildman–Crippen LogP) is 1.88. The highest BCUT2D eigenvalue weighted by Crippen LogP contribution is 2.20. The Morgan fingerprint density at radius 3 is 2.80 bits per heavy atom. The first kappa shape index (κ1) is 9.51. The van der Waals surface area contributed by atoms with Gasteiger partial charge in [0.15, 0.2) is 5.82 Å². The molecule has 0 spiro atoms. The fourth-order valence-electron chi connectivity index (χ4n) is 1.25. The lowest BCUT2D eigenvalue weighted by Gasteiger charge is -2.04. The molecule has 1 aromatic heterocycles. The Bertz CT molecular complexity index is 478. The Kier molecular flexibility index (Phi) is 2.29. The summed E-state index contributed by atoms with van der Waals surface area (Å²) in [6, 6.07) is 6.24. The van der Waals surface area contributed by atoms with E-state index in [1.165, 1.54) is 6.07 Å². The van der Waals surface area contributed by atoms with Crippen LogP contribution in [-0.4, -0.2) is 9.78 Å². The number of nitrogens with one attached hydrogen (secondary N) is 1. The molecular weight excluding hydrogens is 195 g/mol. The maximum absolute atomic E-state index is 13.4. The first-order valence-electron chi connectivity index (χ1n) is 4.47. The molecule has 2 aromatic rings. The van der Waals surface area contributed by atoms with Gasteiger partial charge in [0.2, 0.25) is 0 Å². The minimum atomic E-state index is -0.388. The van der Waals surface area contributed by atoms with Crippen molar-refractivity contribution in [2.24, 2.45) is 7.05 Å². The van der Waals surface area contributed by atoms with E-state index >= 15 is 0 Å². The van der Waals surface area contributed by atoms with Gasteiger partial charge in [0.05, 0.1) is 5.69 Å². The van der Waals surface area contributed by atoms with Crippen molar-refractivity contribution >= 4 is 17.2 Å². The maximum Gasteiger partial charge on any atom is 0.152 e. The van der Waals surface area contributed by atoms with E-state index in [0.29, 0.717) is 17.2 Å². The summed E-state index contributed by atoms with van der Waals surface area (Å²) in [7, 11) is 1.80. The van der Waals surface area contributed by atoms with Crippen molar-refractivity contribution in [2.75, 3.05) is 11.1 Å². The fourth-order valence-corrected chi connectivity index (χ4v) is 1.25. The number of anilines is 3. The van der Waals surface area contributed by atoms with Crippen LogP contribution in [0.4, 0.5) is 21.6 Å². The van der Waals surface area contributed by atoms with Crippen LogP contribution in [0.5, 0.6) is 0 Å².